The van der Waals surface area contributed by atoms with Gasteiger partial charge in [0.05, 0.1) is 19.4 Å². The molecule has 32 heavy (non-hydrogen) atoms. The van der Waals surface area contributed by atoms with Crippen molar-refractivity contribution in [3.05, 3.63) is 0 Å². The summed E-state index contributed by atoms with van der Waals surface area (Å²) >= 11 is 0. The predicted molar refractivity (Wildman–Crippen MR) is 131 cm³/mol. The lowest BCUT2D eigenvalue weighted by Crippen LogP contribution is -2.26. The molecule has 0 aromatic carbocycles. The average Bonchev–Trinajstić information content (AvgIpc) is 2.78. The van der Waals surface area contributed by atoms with Crippen LogP contribution in [0.1, 0.15) is 103 Å². The maximum absolute atomic E-state index is 11.8. The number of hydrogen-bond donors (Lipinski definition) is 2. The third-order valence-electron chi connectivity index (χ3n) is 5.55. The van der Waals surface area contributed by atoms with Crippen molar-refractivity contribution in [3.63, 3.8) is 0 Å². The molecule has 0 heterocycles. The molecule has 0 rings (SSSR count). The average molecular weight is 480 g/mol. The van der Waals surface area contributed by atoms with Crippen LogP contribution in [0.25, 0.3) is 0 Å². The summed E-state index contributed by atoms with van der Waals surface area (Å²) in [6.45, 7) is 3.58. The number of carbonyl (C=O) groups excluding carboxylic acids is 1. The fourth-order valence-corrected chi connectivity index (χ4v) is 4.55. The molecule has 0 bridgehead atoms. The summed E-state index contributed by atoms with van der Waals surface area (Å²) in [5.74, 6) is 0. The third kappa shape index (κ3) is 22.7. The van der Waals surface area contributed by atoms with Crippen LogP contribution in [0.4, 0.5) is 0 Å². The maximum Gasteiger partial charge on any atom is 0.329 e. The van der Waals surface area contributed by atoms with E-state index in [1.165, 1.54) is 83.5 Å². The Morgan fingerprint density at radius 1 is 0.844 bits per heavy atom. The molecule has 192 valence electrons. The van der Waals surface area contributed by atoms with E-state index in [2.05, 4.69) is 12.2 Å². The highest BCUT2D eigenvalue weighted by Gasteiger charge is 2.22. The fraction of sp³-hybridized carbons (Fsp3) is 0.958. The van der Waals surface area contributed by atoms with Gasteiger partial charge in [-0.1, -0.05) is 96.8 Å². The van der Waals surface area contributed by atoms with E-state index in [-0.39, 0.29) is 19.4 Å². The van der Waals surface area contributed by atoms with E-state index in [4.69, 9.17) is 14.0 Å². The Labute approximate surface area is 196 Å². The van der Waals surface area contributed by atoms with Crippen LogP contribution in [0.5, 0.6) is 0 Å². The van der Waals surface area contributed by atoms with E-state index in [0.29, 0.717) is 19.6 Å². The summed E-state index contributed by atoms with van der Waals surface area (Å²) in [4.78, 5) is 20.3. The normalized spacial score (nSPS) is 14.2. The highest BCUT2D eigenvalue weighted by molar-refractivity contribution is 7.52. The molecule has 0 aliphatic heterocycles. The smallest absolute Gasteiger partial charge is 0.329 e. The zero-order chi connectivity index (χ0) is 23.8. The number of hydrogen-bond acceptors (Lipinski definition) is 6. The SMILES string of the molecule is CCCCCCCCCCCCCCCCCOCC(COP(=O)(O)CCNC)OC=O. The van der Waals surface area contributed by atoms with Crippen molar-refractivity contribution in [2.75, 3.05) is 39.6 Å². The van der Waals surface area contributed by atoms with Crippen molar-refractivity contribution >= 4 is 14.1 Å². The van der Waals surface area contributed by atoms with E-state index in [0.717, 1.165) is 12.8 Å². The van der Waals surface area contributed by atoms with E-state index >= 15 is 0 Å². The zero-order valence-corrected chi connectivity index (χ0v) is 21.6. The van der Waals surface area contributed by atoms with E-state index in [1.54, 1.807) is 7.05 Å². The highest BCUT2D eigenvalue weighted by atomic mass is 31.2. The first-order valence-electron chi connectivity index (χ1n) is 12.8. The molecule has 0 aliphatic carbocycles. The Kier molecular flexibility index (Phi) is 23.3. The molecule has 0 fully saturated rings. The number of unbranched alkanes of at least 4 members (excludes halogenated alkanes) is 14. The van der Waals surface area contributed by atoms with Crippen molar-refractivity contribution in [3.8, 4) is 0 Å². The van der Waals surface area contributed by atoms with Crippen LogP contribution >= 0.6 is 7.60 Å². The minimum atomic E-state index is -3.68. The Hall–Kier alpha value is -0.460. The number of ether oxygens (including phenoxy) is 2. The first kappa shape index (κ1) is 31.5. The lowest BCUT2D eigenvalue weighted by molar-refractivity contribution is -0.138. The molecule has 0 saturated heterocycles. The van der Waals surface area contributed by atoms with Gasteiger partial charge in [0.25, 0.3) is 6.47 Å². The largest absolute Gasteiger partial charge is 0.460 e. The summed E-state index contributed by atoms with van der Waals surface area (Å²) in [6.07, 6.45) is 19.1. The summed E-state index contributed by atoms with van der Waals surface area (Å²) < 4.78 is 27.3. The Bertz CT molecular complexity index is 452. The third-order valence-corrected chi connectivity index (χ3v) is 6.89. The van der Waals surface area contributed by atoms with Crippen molar-refractivity contribution < 1.29 is 28.3 Å². The molecule has 0 aromatic rings. The molecule has 0 amide bonds. The summed E-state index contributed by atoms with van der Waals surface area (Å²) in [7, 11) is -1.98. The number of nitrogens with one attached hydrogen (secondary N) is 1. The molecular formula is C24H50NO6P. The second-order valence-electron chi connectivity index (χ2n) is 8.64. The minimum Gasteiger partial charge on any atom is -0.460 e. The zero-order valence-electron chi connectivity index (χ0n) is 20.7. The molecule has 8 heteroatoms. The van der Waals surface area contributed by atoms with Gasteiger partial charge in [0, 0.05) is 13.2 Å². The van der Waals surface area contributed by atoms with Crippen LogP contribution in [0, 0.1) is 0 Å². The number of rotatable bonds is 26. The van der Waals surface area contributed by atoms with Gasteiger partial charge >= 0.3 is 7.60 Å². The Balaban J connectivity index is 3.49. The summed E-state index contributed by atoms with van der Waals surface area (Å²) in [6, 6.07) is 0. The van der Waals surface area contributed by atoms with Crippen LogP contribution in [0.15, 0.2) is 0 Å². The molecule has 0 radical (unpaired) electrons. The van der Waals surface area contributed by atoms with E-state index < -0.39 is 13.7 Å². The van der Waals surface area contributed by atoms with Crippen molar-refractivity contribution in [1.82, 2.24) is 5.32 Å². The van der Waals surface area contributed by atoms with Crippen LogP contribution in [-0.2, 0) is 23.4 Å². The van der Waals surface area contributed by atoms with Crippen molar-refractivity contribution in [2.24, 2.45) is 0 Å². The first-order valence-corrected chi connectivity index (χ1v) is 14.6. The predicted octanol–water partition coefficient (Wildman–Crippen LogP) is 5.84. The summed E-state index contributed by atoms with van der Waals surface area (Å²) in [5.41, 5.74) is 0. The standard InChI is InChI=1S/C24H50NO6P/c1-3-4-5-6-7-8-9-10-11-12-13-14-15-16-17-19-29-21-24(30-23-26)22-31-32(27,28)20-18-25-2/h23-25H,3-22H2,1-2H3,(H,27,28). The Morgan fingerprint density at radius 3 is 1.81 bits per heavy atom. The van der Waals surface area contributed by atoms with Crippen molar-refractivity contribution in [2.45, 2.75) is 109 Å². The van der Waals surface area contributed by atoms with Gasteiger partial charge in [0.1, 0.15) is 6.10 Å². The topological polar surface area (TPSA) is 94.1 Å². The highest BCUT2D eigenvalue weighted by Crippen LogP contribution is 2.41. The lowest BCUT2D eigenvalue weighted by atomic mass is 10.0. The van der Waals surface area contributed by atoms with E-state index in [9.17, 15) is 14.3 Å². The second kappa shape index (κ2) is 23.7. The monoisotopic (exact) mass is 479 g/mol. The van der Waals surface area contributed by atoms with Gasteiger partial charge in [-0.15, -0.1) is 0 Å². The molecule has 0 aromatic heterocycles. The van der Waals surface area contributed by atoms with Gasteiger partial charge in [-0.05, 0) is 13.5 Å². The van der Waals surface area contributed by atoms with Gasteiger partial charge in [-0.25, -0.2) is 0 Å². The second-order valence-corrected chi connectivity index (χ2v) is 10.6. The van der Waals surface area contributed by atoms with Gasteiger partial charge in [-0.3, -0.25) is 9.36 Å². The van der Waals surface area contributed by atoms with Crippen LogP contribution < -0.4 is 5.32 Å². The molecule has 0 spiro atoms. The van der Waals surface area contributed by atoms with Gasteiger partial charge in [0.2, 0.25) is 0 Å². The summed E-state index contributed by atoms with van der Waals surface area (Å²) in [5, 5.41) is 2.80. The lowest BCUT2D eigenvalue weighted by Gasteiger charge is -2.18. The quantitative estimate of drug-likeness (QED) is 0.0914. The van der Waals surface area contributed by atoms with E-state index in [1.807, 2.05) is 0 Å². The molecule has 7 nitrogen and oxygen atoms in total. The van der Waals surface area contributed by atoms with Gasteiger partial charge in [-0.2, -0.15) is 0 Å². The molecule has 2 N–H and O–H groups in total. The Morgan fingerprint density at radius 2 is 1.34 bits per heavy atom. The maximum atomic E-state index is 11.8. The molecular weight excluding hydrogens is 429 g/mol. The van der Waals surface area contributed by atoms with Crippen molar-refractivity contribution in [1.29, 1.82) is 0 Å². The molecule has 0 aliphatic rings. The fourth-order valence-electron chi connectivity index (χ4n) is 3.51. The first-order chi connectivity index (χ1) is 15.6. The van der Waals surface area contributed by atoms with Crippen LogP contribution in [0.3, 0.4) is 0 Å². The number of carbonyl (C=O) groups is 1. The minimum absolute atomic E-state index is 0.0112. The molecule has 0 saturated carbocycles. The molecule has 2 unspecified atom stereocenters. The van der Waals surface area contributed by atoms with Crippen LogP contribution in [0.2, 0.25) is 0 Å². The molecule has 2 atom stereocenters. The van der Waals surface area contributed by atoms with Crippen LogP contribution in [-0.4, -0.2) is 57.0 Å². The van der Waals surface area contributed by atoms with Gasteiger partial charge in [0.15, 0.2) is 0 Å². The van der Waals surface area contributed by atoms with Gasteiger partial charge < -0.3 is 24.2 Å².